The molecule has 3 rings (SSSR count). The van der Waals surface area contributed by atoms with Gasteiger partial charge >= 0.3 is 0 Å². The normalized spacial score (nSPS) is 11.8. The summed E-state index contributed by atoms with van der Waals surface area (Å²) < 4.78 is 1.76. The molecular weight excluding hydrogens is 316 g/mol. The van der Waals surface area contributed by atoms with E-state index in [4.69, 9.17) is 0 Å². The fourth-order valence-corrected chi connectivity index (χ4v) is 3.14. The van der Waals surface area contributed by atoms with Gasteiger partial charge in [0.05, 0.1) is 22.9 Å². The molecule has 0 radical (unpaired) electrons. The number of aromatic nitrogens is 5. The van der Waals surface area contributed by atoms with Crippen LogP contribution in [0, 0.1) is 0 Å². The Hall–Kier alpha value is -2.54. The predicted octanol–water partition coefficient (Wildman–Crippen LogP) is 2.95. The highest BCUT2D eigenvalue weighted by Gasteiger charge is 2.25. The van der Waals surface area contributed by atoms with Gasteiger partial charge < -0.3 is 10.4 Å². The van der Waals surface area contributed by atoms with Gasteiger partial charge in [-0.1, -0.05) is 26.7 Å². The van der Waals surface area contributed by atoms with E-state index in [1.807, 2.05) is 12.1 Å². The van der Waals surface area contributed by atoms with Crippen molar-refractivity contribution in [1.29, 1.82) is 0 Å². The van der Waals surface area contributed by atoms with Crippen molar-refractivity contribution in [2.24, 2.45) is 0 Å². The zero-order valence-electron chi connectivity index (χ0n) is 14.7. The molecular formula is C18H24N6O. The summed E-state index contributed by atoms with van der Waals surface area (Å²) in [4.78, 5) is 12.7. The molecule has 7 nitrogen and oxygen atoms in total. The molecule has 3 heterocycles. The molecule has 0 unspecified atom stereocenters. The molecule has 0 saturated heterocycles. The molecule has 0 saturated carbocycles. The van der Waals surface area contributed by atoms with Crippen LogP contribution in [0.25, 0.3) is 16.7 Å². The van der Waals surface area contributed by atoms with Gasteiger partial charge in [0.1, 0.15) is 12.1 Å². The molecule has 0 bridgehead atoms. The Bertz CT molecular complexity index is 811. The SMILES string of the molecule is CCCC(O)(CCC)CNc1ncnc2c1cnn2-c1ccncc1. The van der Waals surface area contributed by atoms with Crippen molar-refractivity contribution < 1.29 is 5.11 Å². The Kier molecular flexibility index (Phi) is 5.23. The van der Waals surface area contributed by atoms with Crippen LogP contribution < -0.4 is 5.32 Å². The minimum atomic E-state index is -0.720. The minimum absolute atomic E-state index is 0.460. The van der Waals surface area contributed by atoms with Crippen LogP contribution in [0.15, 0.2) is 37.1 Å². The molecule has 3 aromatic rings. The van der Waals surface area contributed by atoms with Crippen LogP contribution in [0.3, 0.4) is 0 Å². The van der Waals surface area contributed by atoms with E-state index in [2.05, 4.69) is 39.2 Å². The van der Waals surface area contributed by atoms with E-state index >= 15 is 0 Å². The van der Waals surface area contributed by atoms with Crippen LogP contribution >= 0.6 is 0 Å². The van der Waals surface area contributed by atoms with Gasteiger partial charge in [0.2, 0.25) is 0 Å². The Labute approximate surface area is 147 Å². The molecule has 0 aliphatic rings. The van der Waals surface area contributed by atoms with E-state index in [1.54, 1.807) is 23.3 Å². The lowest BCUT2D eigenvalue weighted by Gasteiger charge is -2.28. The third-order valence-corrected chi connectivity index (χ3v) is 4.29. The second-order valence-electron chi connectivity index (χ2n) is 6.30. The van der Waals surface area contributed by atoms with E-state index in [-0.39, 0.29) is 0 Å². The quantitative estimate of drug-likeness (QED) is 0.655. The fourth-order valence-electron chi connectivity index (χ4n) is 3.14. The molecule has 0 atom stereocenters. The van der Waals surface area contributed by atoms with Gasteiger partial charge in [0, 0.05) is 18.9 Å². The first-order chi connectivity index (χ1) is 12.2. The number of aliphatic hydroxyl groups is 1. The molecule has 0 spiro atoms. The molecule has 132 valence electrons. The third-order valence-electron chi connectivity index (χ3n) is 4.29. The first-order valence-corrected chi connectivity index (χ1v) is 8.72. The molecule has 0 aliphatic carbocycles. The topological polar surface area (TPSA) is 88.8 Å². The van der Waals surface area contributed by atoms with Crippen molar-refractivity contribution >= 4 is 16.9 Å². The minimum Gasteiger partial charge on any atom is -0.388 e. The maximum absolute atomic E-state index is 10.8. The second kappa shape index (κ2) is 7.57. The largest absolute Gasteiger partial charge is 0.388 e. The van der Waals surface area contributed by atoms with E-state index < -0.39 is 5.60 Å². The van der Waals surface area contributed by atoms with Crippen molar-refractivity contribution in [1.82, 2.24) is 24.7 Å². The lowest BCUT2D eigenvalue weighted by atomic mass is 9.92. The van der Waals surface area contributed by atoms with Crippen LogP contribution in [-0.4, -0.2) is 42.0 Å². The first kappa shape index (κ1) is 17.3. The van der Waals surface area contributed by atoms with Crippen LogP contribution in [0.1, 0.15) is 39.5 Å². The number of fused-ring (bicyclic) bond motifs is 1. The van der Waals surface area contributed by atoms with Crippen LogP contribution in [0.5, 0.6) is 0 Å². The summed E-state index contributed by atoms with van der Waals surface area (Å²) in [5.41, 5.74) is 0.892. The van der Waals surface area contributed by atoms with Gasteiger partial charge in [0.25, 0.3) is 0 Å². The Morgan fingerprint density at radius 3 is 2.52 bits per heavy atom. The monoisotopic (exact) mass is 340 g/mol. The Balaban J connectivity index is 1.87. The van der Waals surface area contributed by atoms with Crippen molar-refractivity contribution in [3.05, 3.63) is 37.1 Å². The average Bonchev–Trinajstić information content (AvgIpc) is 3.06. The van der Waals surface area contributed by atoms with Gasteiger partial charge in [-0.15, -0.1) is 0 Å². The summed E-state index contributed by atoms with van der Waals surface area (Å²) in [5, 5.41) is 19.3. The van der Waals surface area contributed by atoms with Crippen molar-refractivity contribution in [3.8, 4) is 5.69 Å². The van der Waals surface area contributed by atoms with Gasteiger partial charge in [0.15, 0.2) is 5.65 Å². The molecule has 0 aliphatic heterocycles. The van der Waals surface area contributed by atoms with Crippen molar-refractivity contribution in [3.63, 3.8) is 0 Å². The van der Waals surface area contributed by atoms with Gasteiger partial charge in [-0.3, -0.25) is 4.98 Å². The lowest BCUT2D eigenvalue weighted by molar-refractivity contribution is 0.0343. The van der Waals surface area contributed by atoms with Crippen molar-refractivity contribution in [2.45, 2.75) is 45.1 Å². The highest BCUT2D eigenvalue weighted by molar-refractivity contribution is 5.87. The number of anilines is 1. The number of rotatable bonds is 8. The van der Waals surface area contributed by atoms with Crippen molar-refractivity contribution in [2.75, 3.05) is 11.9 Å². The number of hydrogen-bond donors (Lipinski definition) is 2. The summed E-state index contributed by atoms with van der Waals surface area (Å²) in [6.07, 6.45) is 10.1. The number of nitrogens with zero attached hydrogens (tertiary/aromatic N) is 5. The smallest absolute Gasteiger partial charge is 0.168 e. The number of hydrogen-bond acceptors (Lipinski definition) is 6. The van der Waals surface area contributed by atoms with Crippen LogP contribution in [0.4, 0.5) is 5.82 Å². The molecule has 0 fully saturated rings. The van der Waals surface area contributed by atoms with Gasteiger partial charge in [-0.05, 0) is 25.0 Å². The highest BCUT2D eigenvalue weighted by Crippen LogP contribution is 2.24. The van der Waals surface area contributed by atoms with Crippen LogP contribution in [0.2, 0.25) is 0 Å². The maximum Gasteiger partial charge on any atom is 0.168 e. The number of nitrogens with one attached hydrogen (secondary N) is 1. The lowest BCUT2D eigenvalue weighted by Crippen LogP contribution is -2.36. The number of pyridine rings is 1. The van der Waals surface area contributed by atoms with E-state index in [0.717, 1.165) is 42.4 Å². The summed E-state index contributed by atoms with van der Waals surface area (Å²) in [6, 6.07) is 3.76. The first-order valence-electron chi connectivity index (χ1n) is 8.72. The molecule has 7 heteroatoms. The Morgan fingerprint density at radius 2 is 1.84 bits per heavy atom. The van der Waals surface area contributed by atoms with Gasteiger partial charge in [-0.2, -0.15) is 5.10 Å². The fraction of sp³-hybridized carbons (Fsp3) is 0.444. The summed E-state index contributed by atoms with van der Waals surface area (Å²) in [5.74, 6) is 0.691. The van der Waals surface area contributed by atoms with E-state index in [1.165, 1.54) is 6.33 Å². The molecule has 3 aromatic heterocycles. The van der Waals surface area contributed by atoms with E-state index in [9.17, 15) is 5.11 Å². The molecule has 25 heavy (non-hydrogen) atoms. The van der Waals surface area contributed by atoms with Crippen LogP contribution in [-0.2, 0) is 0 Å². The summed E-state index contributed by atoms with van der Waals surface area (Å²) in [6.45, 7) is 4.63. The zero-order valence-corrected chi connectivity index (χ0v) is 14.7. The third kappa shape index (κ3) is 3.76. The second-order valence-corrected chi connectivity index (χ2v) is 6.30. The molecule has 0 amide bonds. The Morgan fingerprint density at radius 1 is 1.12 bits per heavy atom. The standard InChI is InChI=1S/C18H24N6O/c1-3-7-18(25,8-4-2)12-20-16-15-11-23-24(17(15)22-13-21-16)14-5-9-19-10-6-14/h5-6,9-11,13,25H,3-4,7-8,12H2,1-2H3,(H,20,21,22). The molecule has 2 N–H and O–H groups in total. The van der Waals surface area contributed by atoms with Gasteiger partial charge in [-0.25, -0.2) is 14.6 Å². The highest BCUT2D eigenvalue weighted by atomic mass is 16.3. The predicted molar refractivity (Wildman–Crippen MR) is 97.7 cm³/mol. The average molecular weight is 340 g/mol. The summed E-state index contributed by atoms with van der Waals surface area (Å²) >= 11 is 0. The maximum atomic E-state index is 10.8. The molecule has 0 aromatic carbocycles. The zero-order chi connectivity index (χ0) is 17.7. The summed E-state index contributed by atoms with van der Waals surface area (Å²) in [7, 11) is 0. The van der Waals surface area contributed by atoms with E-state index in [0.29, 0.717) is 12.4 Å².